The van der Waals surface area contributed by atoms with Gasteiger partial charge in [-0.3, -0.25) is 9.89 Å². The summed E-state index contributed by atoms with van der Waals surface area (Å²) in [5.74, 6) is 1.47. The molecule has 0 unspecified atom stereocenters. The zero-order valence-electron chi connectivity index (χ0n) is 13.8. The summed E-state index contributed by atoms with van der Waals surface area (Å²) in [4.78, 5) is 14.9. The number of hydrogen-bond acceptors (Lipinski definition) is 3. The van der Waals surface area contributed by atoms with E-state index < -0.39 is 0 Å². The summed E-state index contributed by atoms with van der Waals surface area (Å²) >= 11 is 0. The van der Waals surface area contributed by atoms with E-state index >= 15 is 0 Å². The van der Waals surface area contributed by atoms with Crippen molar-refractivity contribution in [3.63, 3.8) is 0 Å². The van der Waals surface area contributed by atoms with E-state index in [-0.39, 0.29) is 5.91 Å². The zero-order valence-corrected chi connectivity index (χ0v) is 13.8. The van der Waals surface area contributed by atoms with Crippen LogP contribution < -0.4 is 0 Å². The van der Waals surface area contributed by atoms with Crippen LogP contribution in [0.2, 0.25) is 0 Å². The maximum Gasteiger partial charge on any atom is 0.253 e. The van der Waals surface area contributed by atoms with Crippen LogP contribution in [0.1, 0.15) is 34.7 Å². The molecule has 1 saturated heterocycles. The Labute approximate surface area is 140 Å². The fourth-order valence-electron chi connectivity index (χ4n) is 3.62. The van der Waals surface area contributed by atoms with Crippen molar-refractivity contribution < 1.29 is 9.21 Å². The molecule has 1 amide bonds. The van der Waals surface area contributed by atoms with Gasteiger partial charge in [-0.2, -0.15) is 5.10 Å². The number of aromatic amines is 1. The van der Waals surface area contributed by atoms with Gasteiger partial charge < -0.3 is 9.32 Å². The smallest absolute Gasteiger partial charge is 0.253 e. The Morgan fingerprint density at radius 1 is 1.38 bits per heavy atom. The second-order valence-electron chi connectivity index (χ2n) is 6.66. The molecule has 0 aliphatic carbocycles. The Morgan fingerprint density at radius 3 is 3.12 bits per heavy atom. The van der Waals surface area contributed by atoms with Gasteiger partial charge in [-0.1, -0.05) is 0 Å². The summed E-state index contributed by atoms with van der Waals surface area (Å²) in [7, 11) is 0. The molecule has 1 fully saturated rings. The van der Waals surface area contributed by atoms with Crippen molar-refractivity contribution in [2.24, 2.45) is 5.92 Å². The third-order valence-corrected chi connectivity index (χ3v) is 4.76. The number of aromatic nitrogens is 2. The predicted octanol–water partition coefficient (Wildman–Crippen LogP) is 3.56. The maximum atomic E-state index is 12.9. The van der Waals surface area contributed by atoms with Crippen LogP contribution in [0.25, 0.3) is 11.0 Å². The van der Waals surface area contributed by atoms with Crippen LogP contribution in [-0.2, 0) is 6.42 Å². The van der Waals surface area contributed by atoms with Crippen LogP contribution in [-0.4, -0.2) is 34.1 Å². The first-order valence-electron chi connectivity index (χ1n) is 8.47. The summed E-state index contributed by atoms with van der Waals surface area (Å²) in [5.41, 5.74) is 2.72. The lowest BCUT2D eigenvalue weighted by Gasteiger charge is -2.32. The van der Waals surface area contributed by atoms with Crippen LogP contribution >= 0.6 is 0 Å². The van der Waals surface area contributed by atoms with E-state index in [9.17, 15) is 4.79 Å². The molecule has 0 radical (unpaired) electrons. The van der Waals surface area contributed by atoms with Crippen LogP contribution in [0, 0.1) is 12.8 Å². The number of amides is 1. The zero-order chi connectivity index (χ0) is 16.5. The van der Waals surface area contributed by atoms with E-state index in [1.165, 1.54) is 0 Å². The van der Waals surface area contributed by atoms with Crippen molar-refractivity contribution in [2.45, 2.75) is 26.2 Å². The van der Waals surface area contributed by atoms with Gasteiger partial charge in [0.15, 0.2) is 0 Å². The lowest BCUT2D eigenvalue weighted by molar-refractivity contribution is 0.0673. The predicted molar refractivity (Wildman–Crippen MR) is 91.9 cm³/mol. The standard InChI is InChI=1S/C19H21N3O2/c1-13-9-16-11-15(4-5-18(16)24-13)19(23)22-8-2-3-14(12-22)10-17-6-7-20-21-17/h4-7,9,11,14H,2-3,8,10,12H2,1H3,(H,20,21)/t14-/m1/s1. The quantitative estimate of drug-likeness (QED) is 0.801. The van der Waals surface area contributed by atoms with Crippen molar-refractivity contribution in [1.29, 1.82) is 0 Å². The number of nitrogens with one attached hydrogen (secondary N) is 1. The van der Waals surface area contributed by atoms with Crippen LogP contribution in [0.5, 0.6) is 0 Å². The Bertz CT molecular complexity index is 851. The molecule has 0 saturated carbocycles. The third-order valence-electron chi connectivity index (χ3n) is 4.76. The van der Waals surface area contributed by atoms with E-state index in [2.05, 4.69) is 10.2 Å². The lowest BCUT2D eigenvalue weighted by Crippen LogP contribution is -2.40. The molecule has 124 valence electrons. The van der Waals surface area contributed by atoms with E-state index in [1.54, 1.807) is 6.20 Å². The first-order chi connectivity index (χ1) is 11.7. The normalized spacial score (nSPS) is 18.2. The number of nitrogens with zero attached hydrogens (tertiary/aromatic N) is 2. The molecule has 1 N–H and O–H groups in total. The van der Waals surface area contributed by atoms with Crippen molar-refractivity contribution in [3.05, 3.63) is 53.5 Å². The van der Waals surface area contributed by atoms with Crippen LogP contribution in [0.3, 0.4) is 0 Å². The molecule has 1 aliphatic heterocycles. The van der Waals surface area contributed by atoms with Gasteiger partial charge in [-0.25, -0.2) is 0 Å². The molecule has 2 aromatic heterocycles. The number of piperidine rings is 1. The van der Waals surface area contributed by atoms with Gasteiger partial charge in [0.1, 0.15) is 11.3 Å². The summed E-state index contributed by atoms with van der Waals surface area (Å²) in [5, 5.41) is 8.01. The van der Waals surface area contributed by atoms with Crippen molar-refractivity contribution >= 4 is 16.9 Å². The van der Waals surface area contributed by atoms with Crippen LogP contribution in [0.15, 0.2) is 40.9 Å². The number of carbonyl (C=O) groups excluding carboxylic acids is 1. The number of H-pyrrole nitrogens is 1. The second-order valence-corrected chi connectivity index (χ2v) is 6.66. The molecule has 0 spiro atoms. The molecular formula is C19H21N3O2. The van der Waals surface area contributed by atoms with Crippen molar-refractivity contribution in [1.82, 2.24) is 15.1 Å². The molecule has 5 heteroatoms. The topological polar surface area (TPSA) is 62.1 Å². The number of likely N-dealkylation sites (tertiary alicyclic amines) is 1. The first kappa shape index (κ1) is 15.0. The van der Waals surface area contributed by atoms with Gasteiger partial charge in [0.25, 0.3) is 5.91 Å². The number of benzene rings is 1. The number of rotatable bonds is 3. The highest BCUT2D eigenvalue weighted by atomic mass is 16.3. The Balaban J connectivity index is 1.49. The molecule has 1 aromatic carbocycles. The molecule has 3 aromatic rings. The minimum Gasteiger partial charge on any atom is -0.461 e. The highest BCUT2D eigenvalue weighted by molar-refractivity contribution is 5.97. The average Bonchev–Trinajstić information content (AvgIpc) is 3.22. The number of hydrogen-bond donors (Lipinski definition) is 1. The number of aryl methyl sites for hydroxylation is 1. The van der Waals surface area contributed by atoms with Gasteiger partial charge in [-0.05, 0) is 62.4 Å². The summed E-state index contributed by atoms with van der Waals surface area (Å²) < 4.78 is 5.59. The Hall–Kier alpha value is -2.56. The number of fused-ring (bicyclic) bond motifs is 1. The summed E-state index contributed by atoms with van der Waals surface area (Å²) in [6.07, 6.45) is 4.94. The second kappa shape index (κ2) is 6.15. The molecule has 1 atom stereocenters. The van der Waals surface area contributed by atoms with Gasteiger partial charge in [-0.15, -0.1) is 0 Å². The first-order valence-corrected chi connectivity index (χ1v) is 8.47. The minimum absolute atomic E-state index is 0.116. The molecule has 24 heavy (non-hydrogen) atoms. The Kier molecular flexibility index (Phi) is 3.84. The SMILES string of the molecule is Cc1cc2cc(C(=O)N3CCC[C@H](Cc4ccn[nH]4)C3)ccc2o1. The fourth-order valence-corrected chi connectivity index (χ4v) is 3.62. The fraction of sp³-hybridized carbons (Fsp3) is 0.368. The largest absolute Gasteiger partial charge is 0.461 e. The maximum absolute atomic E-state index is 12.9. The number of furan rings is 1. The van der Waals surface area contributed by atoms with Gasteiger partial charge >= 0.3 is 0 Å². The molecule has 5 nitrogen and oxygen atoms in total. The van der Waals surface area contributed by atoms with Gasteiger partial charge in [0.2, 0.25) is 0 Å². The molecule has 1 aliphatic rings. The number of carbonyl (C=O) groups is 1. The van der Waals surface area contributed by atoms with Crippen LogP contribution in [0.4, 0.5) is 0 Å². The molecule has 3 heterocycles. The molecule has 0 bridgehead atoms. The van der Waals surface area contributed by atoms with E-state index in [4.69, 9.17) is 4.42 Å². The minimum atomic E-state index is 0.116. The monoisotopic (exact) mass is 323 g/mol. The third kappa shape index (κ3) is 2.94. The van der Waals surface area contributed by atoms with Gasteiger partial charge in [0.05, 0.1) is 0 Å². The van der Waals surface area contributed by atoms with Crippen molar-refractivity contribution in [2.75, 3.05) is 13.1 Å². The molecule has 4 rings (SSSR count). The summed E-state index contributed by atoms with van der Waals surface area (Å²) in [6, 6.07) is 9.68. The van der Waals surface area contributed by atoms with Crippen molar-refractivity contribution in [3.8, 4) is 0 Å². The Morgan fingerprint density at radius 2 is 2.29 bits per heavy atom. The van der Waals surface area contributed by atoms with E-state index in [0.29, 0.717) is 5.92 Å². The lowest BCUT2D eigenvalue weighted by atomic mass is 9.93. The van der Waals surface area contributed by atoms with E-state index in [1.807, 2.05) is 42.2 Å². The molecular weight excluding hydrogens is 302 g/mol. The average molecular weight is 323 g/mol. The van der Waals surface area contributed by atoms with E-state index in [0.717, 1.165) is 60.3 Å². The van der Waals surface area contributed by atoms with Gasteiger partial charge in [0, 0.05) is 35.9 Å². The summed E-state index contributed by atoms with van der Waals surface area (Å²) in [6.45, 7) is 3.56. The highest BCUT2D eigenvalue weighted by Gasteiger charge is 2.25. The highest BCUT2D eigenvalue weighted by Crippen LogP contribution is 2.24.